The molecule has 0 aromatic carbocycles. The Morgan fingerprint density at radius 2 is 2.04 bits per heavy atom. The zero-order chi connectivity index (χ0) is 18.0. The highest BCUT2D eigenvalue weighted by atomic mass is 32.1. The first kappa shape index (κ1) is 17.5. The molecular formula is C17H17N3O3S2. The van der Waals surface area contributed by atoms with Crippen LogP contribution in [0.15, 0.2) is 17.5 Å². The van der Waals surface area contributed by atoms with E-state index in [0.29, 0.717) is 16.5 Å². The molecule has 0 amide bonds. The van der Waals surface area contributed by atoms with Gasteiger partial charge in [-0.25, -0.2) is 9.97 Å². The summed E-state index contributed by atoms with van der Waals surface area (Å²) in [7, 11) is 0. The first-order chi connectivity index (χ1) is 12.0. The Bertz CT molecular complexity index is 932. The topological polar surface area (TPSA) is 95.2 Å². The molecule has 8 heteroatoms. The average Bonchev–Trinajstić information content (AvgIpc) is 3.20. The van der Waals surface area contributed by atoms with Crippen molar-refractivity contribution < 1.29 is 14.3 Å². The number of nitrogens with two attached hydrogens (primary N) is 1. The molecule has 25 heavy (non-hydrogen) atoms. The van der Waals surface area contributed by atoms with Crippen molar-refractivity contribution in [2.24, 2.45) is 0 Å². The molecule has 0 fully saturated rings. The molecule has 0 saturated carbocycles. The number of esters is 1. The van der Waals surface area contributed by atoms with Crippen LogP contribution in [-0.4, -0.2) is 21.7 Å². The van der Waals surface area contributed by atoms with Gasteiger partial charge in [0.15, 0.2) is 18.2 Å². The summed E-state index contributed by atoms with van der Waals surface area (Å²) in [5.74, 6) is 0.249. The number of hydrogen-bond acceptors (Lipinski definition) is 8. The summed E-state index contributed by atoms with van der Waals surface area (Å²) < 4.78 is 5.17. The average molecular weight is 375 g/mol. The van der Waals surface area contributed by atoms with Crippen molar-refractivity contribution in [3.05, 3.63) is 38.7 Å². The Morgan fingerprint density at radius 1 is 1.24 bits per heavy atom. The van der Waals surface area contributed by atoms with E-state index in [0.717, 1.165) is 20.7 Å². The van der Waals surface area contributed by atoms with Crippen molar-refractivity contribution in [1.29, 1.82) is 0 Å². The third-order valence-electron chi connectivity index (χ3n) is 3.82. The van der Waals surface area contributed by atoms with Crippen LogP contribution in [0.1, 0.15) is 38.8 Å². The van der Waals surface area contributed by atoms with E-state index in [1.165, 1.54) is 22.7 Å². The maximum Gasteiger partial charge on any atom is 0.306 e. The Hall–Kier alpha value is -2.32. The number of nitrogen functional groups attached to an aromatic ring is 1. The largest absolute Gasteiger partial charge is 0.457 e. The predicted octanol–water partition coefficient (Wildman–Crippen LogP) is 3.66. The number of nitrogens with zero attached hydrogens (tertiary/aromatic N) is 2. The fourth-order valence-corrected chi connectivity index (χ4v) is 4.13. The van der Waals surface area contributed by atoms with E-state index in [1.807, 2.05) is 25.3 Å². The maximum atomic E-state index is 11.9. The van der Waals surface area contributed by atoms with Gasteiger partial charge in [-0.05, 0) is 30.9 Å². The van der Waals surface area contributed by atoms with Crippen molar-refractivity contribution in [2.45, 2.75) is 33.3 Å². The lowest BCUT2D eigenvalue weighted by Crippen LogP contribution is -2.10. The number of rotatable bonds is 6. The van der Waals surface area contributed by atoms with Gasteiger partial charge in [0.05, 0.1) is 16.7 Å². The number of Topliss-reactive ketones (excluding diaryl/α,β-unsaturated/α-hetero) is 1. The summed E-state index contributed by atoms with van der Waals surface area (Å²) in [5.41, 5.74) is 7.08. The normalized spacial score (nSPS) is 11.0. The van der Waals surface area contributed by atoms with Crippen molar-refractivity contribution in [3.8, 4) is 0 Å². The molecule has 0 atom stereocenters. The maximum absolute atomic E-state index is 11.9. The summed E-state index contributed by atoms with van der Waals surface area (Å²) >= 11 is 2.90. The van der Waals surface area contributed by atoms with Crippen molar-refractivity contribution in [2.75, 3.05) is 5.73 Å². The molecule has 0 saturated heterocycles. The summed E-state index contributed by atoms with van der Waals surface area (Å²) in [6, 6.07) is 3.55. The SMILES string of the molecule is Cc1sc2nc(COC(=O)CCC(=O)c3cccs3)nc(N)c2c1C. The minimum absolute atomic E-state index is 0.0334. The number of anilines is 1. The third kappa shape index (κ3) is 3.85. The third-order valence-corrected chi connectivity index (χ3v) is 5.83. The van der Waals surface area contributed by atoms with Crippen molar-refractivity contribution in [3.63, 3.8) is 0 Å². The summed E-state index contributed by atoms with van der Waals surface area (Å²) in [5, 5.41) is 2.69. The van der Waals surface area contributed by atoms with Gasteiger partial charge in [-0.1, -0.05) is 6.07 Å². The molecule has 3 rings (SSSR count). The second-order valence-electron chi connectivity index (χ2n) is 5.55. The smallest absolute Gasteiger partial charge is 0.306 e. The van der Waals surface area contributed by atoms with E-state index in [9.17, 15) is 9.59 Å². The Kier molecular flexibility index (Phi) is 5.10. The number of carbonyl (C=O) groups is 2. The van der Waals surface area contributed by atoms with Crippen LogP contribution in [0.5, 0.6) is 0 Å². The van der Waals surface area contributed by atoms with Crippen molar-refractivity contribution in [1.82, 2.24) is 9.97 Å². The van der Waals surface area contributed by atoms with Gasteiger partial charge in [-0.3, -0.25) is 9.59 Å². The van der Waals surface area contributed by atoms with Gasteiger partial charge in [0, 0.05) is 11.3 Å². The number of aromatic nitrogens is 2. The molecule has 0 spiro atoms. The van der Waals surface area contributed by atoms with E-state index < -0.39 is 5.97 Å². The molecule has 3 aromatic heterocycles. The van der Waals surface area contributed by atoms with E-state index in [2.05, 4.69) is 9.97 Å². The molecule has 0 radical (unpaired) electrons. The lowest BCUT2D eigenvalue weighted by atomic mass is 10.2. The Morgan fingerprint density at radius 3 is 2.76 bits per heavy atom. The fourth-order valence-electron chi connectivity index (χ4n) is 2.38. The van der Waals surface area contributed by atoms with E-state index in [1.54, 1.807) is 6.07 Å². The Labute approximate surface area is 152 Å². The van der Waals surface area contributed by atoms with Crippen LogP contribution in [0.2, 0.25) is 0 Å². The number of hydrogen-bond donors (Lipinski definition) is 1. The quantitative estimate of drug-likeness (QED) is 0.522. The monoisotopic (exact) mass is 375 g/mol. The van der Waals surface area contributed by atoms with Gasteiger partial charge < -0.3 is 10.5 Å². The standard InChI is InChI=1S/C17H17N3O3S2/c1-9-10(2)25-17-15(9)16(18)19-13(20-17)8-23-14(22)6-5-11(21)12-4-3-7-24-12/h3-4,7H,5-6,8H2,1-2H3,(H2,18,19,20). The molecule has 2 N–H and O–H groups in total. The van der Waals surface area contributed by atoms with Gasteiger partial charge >= 0.3 is 5.97 Å². The number of ketones is 1. The van der Waals surface area contributed by atoms with Crippen LogP contribution < -0.4 is 5.73 Å². The summed E-state index contributed by atoms with van der Waals surface area (Å²) in [4.78, 5) is 34.9. The number of carbonyl (C=O) groups excluding carboxylic acids is 2. The van der Waals surface area contributed by atoms with Gasteiger partial charge in [0.2, 0.25) is 0 Å². The number of fused-ring (bicyclic) bond motifs is 1. The van der Waals surface area contributed by atoms with Gasteiger partial charge in [-0.15, -0.1) is 22.7 Å². The summed E-state index contributed by atoms with van der Waals surface area (Å²) in [6.07, 6.45) is 0.163. The minimum atomic E-state index is -0.453. The molecule has 3 aromatic rings. The van der Waals surface area contributed by atoms with Gasteiger partial charge in [-0.2, -0.15) is 0 Å². The molecule has 0 unspecified atom stereocenters. The predicted molar refractivity (Wildman–Crippen MR) is 99.0 cm³/mol. The van der Waals surface area contributed by atoms with E-state index in [-0.39, 0.29) is 25.2 Å². The number of ether oxygens (including phenoxy) is 1. The lowest BCUT2D eigenvalue weighted by molar-refractivity contribution is -0.145. The van der Waals surface area contributed by atoms with Crippen LogP contribution >= 0.6 is 22.7 Å². The fraction of sp³-hybridized carbons (Fsp3) is 0.294. The zero-order valence-electron chi connectivity index (χ0n) is 13.9. The van der Waals surface area contributed by atoms with E-state index >= 15 is 0 Å². The molecule has 3 heterocycles. The molecule has 6 nitrogen and oxygen atoms in total. The highest BCUT2D eigenvalue weighted by Crippen LogP contribution is 2.31. The van der Waals surface area contributed by atoms with Gasteiger partial charge in [0.25, 0.3) is 0 Å². The molecule has 0 bridgehead atoms. The summed E-state index contributed by atoms with van der Waals surface area (Å²) in [6.45, 7) is 3.94. The zero-order valence-corrected chi connectivity index (χ0v) is 15.5. The number of aryl methyl sites for hydroxylation is 2. The van der Waals surface area contributed by atoms with Crippen LogP contribution in [-0.2, 0) is 16.1 Å². The van der Waals surface area contributed by atoms with Gasteiger partial charge in [0.1, 0.15) is 10.6 Å². The van der Waals surface area contributed by atoms with Crippen molar-refractivity contribution >= 4 is 50.5 Å². The molecule has 0 aliphatic heterocycles. The highest BCUT2D eigenvalue weighted by Gasteiger charge is 2.15. The van der Waals surface area contributed by atoms with Crippen LogP contribution in [0.4, 0.5) is 5.82 Å². The number of thiophene rings is 2. The molecule has 0 aliphatic carbocycles. The second kappa shape index (κ2) is 7.28. The van der Waals surface area contributed by atoms with Crippen LogP contribution in [0.25, 0.3) is 10.2 Å². The molecular weight excluding hydrogens is 358 g/mol. The van der Waals surface area contributed by atoms with E-state index in [4.69, 9.17) is 10.5 Å². The van der Waals surface area contributed by atoms with Crippen LogP contribution in [0.3, 0.4) is 0 Å². The second-order valence-corrected chi connectivity index (χ2v) is 7.70. The minimum Gasteiger partial charge on any atom is -0.457 e. The molecule has 130 valence electrons. The first-order valence-corrected chi connectivity index (χ1v) is 9.39. The molecule has 0 aliphatic rings. The lowest BCUT2D eigenvalue weighted by Gasteiger charge is -2.05. The van der Waals surface area contributed by atoms with Crippen LogP contribution in [0, 0.1) is 13.8 Å². The first-order valence-electron chi connectivity index (χ1n) is 7.70. The highest BCUT2D eigenvalue weighted by molar-refractivity contribution is 7.18. The Balaban J connectivity index is 1.59.